The van der Waals surface area contributed by atoms with Crippen molar-refractivity contribution < 1.29 is 14.3 Å². The number of pyridine rings is 1. The zero-order chi connectivity index (χ0) is 19.3. The van der Waals surface area contributed by atoms with E-state index in [1.165, 1.54) is 30.2 Å². The molecule has 0 radical (unpaired) electrons. The first-order valence-electron chi connectivity index (χ1n) is 10.2. The smallest absolute Gasteiger partial charge is 0.340 e. The number of aryl methyl sites for hydroxylation is 1. The van der Waals surface area contributed by atoms with E-state index in [2.05, 4.69) is 28.5 Å². The van der Waals surface area contributed by atoms with E-state index in [0.29, 0.717) is 17.4 Å². The largest absolute Gasteiger partial charge is 0.465 e. The summed E-state index contributed by atoms with van der Waals surface area (Å²) in [5, 5.41) is 3.44. The van der Waals surface area contributed by atoms with Gasteiger partial charge in [-0.3, -0.25) is 4.98 Å². The van der Waals surface area contributed by atoms with Crippen LogP contribution < -0.4 is 5.32 Å². The standard InChI is InChI=1S/C23H28N2O3/c1-27-23(26)21-7-10-24-15-22(21)25-14-19-4-2-3-18-13-17(5-6-20(18)19)16-8-11-28-12-9-16/h5-7,10,13,15-16,19,25H,2-4,8-9,11-12,14H2,1H3. The third-order valence-corrected chi connectivity index (χ3v) is 6.06. The predicted molar refractivity (Wildman–Crippen MR) is 109 cm³/mol. The van der Waals surface area contributed by atoms with Crippen LogP contribution in [0.5, 0.6) is 0 Å². The van der Waals surface area contributed by atoms with Gasteiger partial charge in [-0.15, -0.1) is 0 Å². The molecule has 2 heterocycles. The highest BCUT2D eigenvalue weighted by Crippen LogP contribution is 2.35. The molecule has 1 fully saturated rings. The molecule has 1 aromatic heterocycles. The molecule has 5 nitrogen and oxygen atoms in total. The molecule has 0 bridgehead atoms. The van der Waals surface area contributed by atoms with Gasteiger partial charge in [0.15, 0.2) is 0 Å². The SMILES string of the molecule is COC(=O)c1ccncc1NCC1CCCc2cc(C3CCOCC3)ccc21. The number of hydrogen-bond acceptors (Lipinski definition) is 5. The van der Waals surface area contributed by atoms with E-state index in [1.807, 2.05) is 0 Å². The molecule has 148 valence electrons. The van der Waals surface area contributed by atoms with E-state index in [-0.39, 0.29) is 5.97 Å². The lowest BCUT2D eigenvalue weighted by Gasteiger charge is -2.29. The monoisotopic (exact) mass is 380 g/mol. The molecule has 5 heteroatoms. The average molecular weight is 380 g/mol. The van der Waals surface area contributed by atoms with E-state index < -0.39 is 0 Å². The molecule has 1 aliphatic carbocycles. The molecule has 0 spiro atoms. The van der Waals surface area contributed by atoms with Gasteiger partial charge in [0, 0.05) is 31.9 Å². The van der Waals surface area contributed by atoms with Crippen LogP contribution in [0.15, 0.2) is 36.7 Å². The number of rotatable bonds is 5. The van der Waals surface area contributed by atoms with Gasteiger partial charge in [-0.2, -0.15) is 0 Å². The number of aromatic nitrogens is 1. The summed E-state index contributed by atoms with van der Waals surface area (Å²) >= 11 is 0. The first kappa shape index (κ1) is 18.9. The molecule has 1 atom stereocenters. The van der Waals surface area contributed by atoms with Crippen molar-refractivity contribution in [1.82, 2.24) is 4.98 Å². The van der Waals surface area contributed by atoms with Crippen molar-refractivity contribution in [2.75, 3.05) is 32.2 Å². The fourth-order valence-corrected chi connectivity index (χ4v) is 4.49. The molecule has 2 aromatic rings. The number of fused-ring (bicyclic) bond motifs is 1. The Morgan fingerprint density at radius 1 is 1.25 bits per heavy atom. The summed E-state index contributed by atoms with van der Waals surface area (Å²) in [5.41, 5.74) is 5.67. The van der Waals surface area contributed by atoms with Crippen LogP contribution in [0.2, 0.25) is 0 Å². The van der Waals surface area contributed by atoms with E-state index in [9.17, 15) is 4.79 Å². The number of esters is 1. The zero-order valence-electron chi connectivity index (χ0n) is 16.4. The van der Waals surface area contributed by atoms with Crippen molar-refractivity contribution in [2.24, 2.45) is 0 Å². The minimum Gasteiger partial charge on any atom is -0.465 e. The Bertz CT molecular complexity index is 830. The van der Waals surface area contributed by atoms with Crippen LogP contribution in [0.4, 0.5) is 5.69 Å². The molecule has 1 aliphatic heterocycles. The lowest BCUT2D eigenvalue weighted by molar-refractivity contribution is 0.0601. The summed E-state index contributed by atoms with van der Waals surface area (Å²) in [7, 11) is 1.40. The van der Waals surface area contributed by atoms with E-state index >= 15 is 0 Å². The Morgan fingerprint density at radius 3 is 2.93 bits per heavy atom. The quantitative estimate of drug-likeness (QED) is 0.784. The number of carbonyl (C=O) groups is 1. The summed E-state index contributed by atoms with van der Waals surface area (Å²) in [4.78, 5) is 16.1. The van der Waals surface area contributed by atoms with Gasteiger partial charge in [0.1, 0.15) is 0 Å². The van der Waals surface area contributed by atoms with Crippen LogP contribution in [-0.4, -0.2) is 37.8 Å². The summed E-state index contributed by atoms with van der Waals surface area (Å²) in [6.07, 6.45) is 9.08. The Hall–Kier alpha value is -2.40. The lowest BCUT2D eigenvalue weighted by Crippen LogP contribution is -2.20. The normalized spacial score (nSPS) is 19.7. The molecule has 4 rings (SSSR count). The molecule has 28 heavy (non-hydrogen) atoms. The van der Waals surface area contributed by atoms with Crippen molar-refractivity contribution in [3.05, 3.63) is 58.9 Å². The van der Waals surface area contributed by atoms with Crippen LogP contribution in [0, 0.1) is 0 Å². The molecule has 1 N–H and O–H groups in total. The van der Waals surface area contributed by atoms with Gasteiger partial charge in [0.05, 0.1) is 24.6 Å². The van der Waals surface area contributed by atoms with E-state index in [1.54, 1.807) is 18.5 Å². The molecule has 2 aliphatic rings. The van der Waals surface area contributed by atoms with Gasteiger partial charge >= 0.3 is 5.97 Å². The van der Waals surface area contributed by atoms with Crippen molar-refractivity contribution >= 4 is 11.7 Å². The third kappa shape index (κ3) is 4.04. The van der Waals surface area contributed by atoms with Crippen LogP contribution in [-0.2, 0) is 15.9 Å². The van der Waals surface area contributed by atoms with Gasteiger partial charge in [0.2, 0.25) is 0 Å². The van der Waals surface area contributed by atoms with Crippen LogP contribution in [0.3, 0.4) is 0 Å². The molecule has 0 amide bonds. The second-order valence-corrected chi connectivity index (χ2v) is 7.73. The number of nitrogens with one attached hydrogen (secondary N) is 1. The van der Waals surface area contributed by atoms with Gasteiger partial charge in [-0.25, -0.2) is 4.79 Å². The number of nitrogens with zero attached hydrogens (tertiary/aromatic N) is 1. The third-order valence-electron chi connectivity index (χ3n) is 6.06. The number of ether oxygens (including phenoxy) is 2. The Balaban J connectivity index is 1.49. The van der Waals surface area contributed by atoms with Crippen molar-refractivity contribution in [3.63, 3.8) is 0 Å². The number of methoxy groups -OCH3 is 1. The fourth-order valence-electron chi connectivity index (χ4n) is 4.49. The van der Waals surface area contributed by atoms with Crippen molar-refractivity contribution in [1.29, 1.82) is 0 Å². The summed E-state index contributed by atoms with van der Waals surface area (Å²) < 4.78 is 10.4. The lowest BCUT2D eigenvalue weighted by atomic mass is 9.80. The molecule has 1 saturated heterocycles. The Kier molecular flexibility index (Phi) is 5.91. The molecule has 1 unspecified atom stereocenters. The number of hydrogen-bond donors (Lipinski definition) is 1. The number of benzene rings is 1. The molecular weight excluding hydrogens is 352 g/mol. The van der Waals surface area contributed by atoms with E-state index in [4.69, 9.17) is 9.47 Å². The first-order valence-corrected chi connectivity index (χ1v) is 10.2. The van der Waals surface area contributed by atoms with Crippen LogP contribution in [0.25, 0.3) is 0 Å². The zero-order valence-corrected chi connectivity index (χ0v) is 16.4. The topological polar surface area (TPSA) is 60.5 Å². The minimum atomic E-state index is -0.338. The molecule has 1 aromatic carbocycles. The highest BCUT2D eigenvalue weighted by molar-refractivity contribution is 5.95. The second kappa shape index (κ2) is 8.74. The first-order chi connectivity index (χ1) is 13.8. The fraction of sp³-hybridized carbons (Fsp3) is 0.478. The van der Waals surface area contributed by atoms with Gasteiger partial charge < -0.3 is 14.8 Å². The average Bonchev–Trinajstić information content (AvgIpc) is 2.77. The maximum atomic E-state index is 12.0. The van der Waals surface area contributed by atoms with Gasteiger partial charge in [-0.1, -0.05) is 18.2 Å². The summed E-state index contributed by atoms with van der Waals surface area (Å²) in [5.74, 6) is 0.740. The van der Waals surface area contributed by atoms with Gasteiger partial charge in [-0.05, 0) is 60.8 Å². The summed E-state index contributed by atoms with van der Waals surface area (Å²) in [6.45, 7) is 2.54. The number of anilines is 1. The Morgan fingerprint density at radius 2 is 2.11 bits per heavy atom. The van der Waals surface area contributed by atoms with Crippen molar-refractivity contribution in [2.45, 2.75) is 43.9 Å². The van der Waals surface area contributed by atoms with Crippen molar-refractivity contribution in [3.8, 4) is 0 Å². The highest BCUT2D eigenvalue weighted by atomic mass is 16.5. The molecular formula is C23H28N2O3. The minimum absolute atomic E-state index is 0.338. The molecule has 0 saturated carbocycles. The second-order valence-electron chi connectivity index (χ2n) is 7.73. The number of carbonyl (C=O) groups excluding carboxylic acids is 1. The van der Waals surface area contributed by atoms with Gasteiger partial charge in [0.25, 0.3) is 0 Å². The maximum absolute atomic E-state index is 12.0. The van der Waals surface area contributed by atoms with Crippen LogP contribution >= 0.6 is 0 Å². The summed E-state index contributed by atoms with van der Waals surface area (Å²) in [6, 6.07) is 8.78. The predicted octanol–water partition coefficient (Wildman–Crippen LogP) is 4.29. The van der Waals surface area contributed by atoms with E-state index in [0.717, 1.165) is 51.1 Å². The highest BCUT2D eigenvalue weighted by Gasteiger charge is 2.23. The maximum Gasteiger partial charge on any atom is 0.340 e. The van der Waals surface area contributed by atoms with Crippen LogP contribution in [0.1, 0.15) is 64.6 Å². The Labute approximate surface area is 166 Å².